The van der Waals surface area contributed by atoms with Gasteiger partial charge in [-0.15, -0.1) is 0 Å². The van der Waals surface area contributed by atoms with Crippen LogP contribution in [0.25, 0.3) is 11.1 Å². The van der Waals surface area contributed by atoms with Crippen molar-refractivity contribution in [3.8, 4) is 11.1 Å². The number of halogens is 2. The van der Waals surface area contributed by atoms with Crippen LogP contribution < -0.4 is 5.32 Å². The van der Waals surface area contributed by atoms with Gasteiger partial charge in [0.2, 0.25) is 0 Å². The number of carboxylic acids is 1. The maximum Gasteiger partial charge on any atom is 0.407 e. The molecule has 4 rings (SSSR count). The van der Waals surface area contributed by atoms with Crippen LogP contribution in [0.5, 0.6) is 0 Å². The Morgan fingerprint density at radius 1 is 0.929 bits per heavy atom. The molecule has 0 bridgehead atoms. The number of hydrogen-bond donors (Lipinski definition) is 3. The number of aliphatic hydroxyl groups is 1. The SMILES string of the molecule is CCOP(=O)(OCC)C(F)(F)C(O)c1ccc(C[C@H](NC(=O)OCC2c3ccccc3-c3ccccc32)C(=O)O)cc1. The van der Waals surface area contributed by atoms with Gasteiger partial charge in [0, 0.05) is 12.3 Å². The Hall–Kier alpha value is -3.63. The highest BCUT2D eigenvalue weighted by Crippen LogP contribution is 2.66. The normalized spacial score (nSPS) is 14.5. The van der Waals surface area contributed by atoms with Crippen molar-refractivity contribution in [2.24, 2.45) is 0 Å². The molecule has 42 heavy (non-hydrogen) atoms. The third-order valence-corrected chi connectivity index (χ3v) is 9.13. The molecule has 0 radical (unpaired) electrons. The van der Waals surface area contributed by atoms with Gasteiger partial charge < -0.3 is 29.3 Å². The van der Waals surface area contributed by atoms with Crippen LogP contribution in [0, 0.1) is 0 Å². The molecular weight excluding hydrogens is 571 g/mol. The quantitative estimate of drug-likeness (QED) is 0.199. The molecule has 12 heteroatoms. The summed E-state index contributed by atoms with van der Waals surface area (Å²) in [7, 11) is -4.98. The van der Waals surface area contributed by atoms with Crippen molar-refractivity contribution < 1.29 is 46.9 Å². The van der Waals surface area contributed by atoms with E-state index in [1.165, 1.54) is 26.0 Å². The predicted octanol–water partition coefficient (Wildman–Crippen LogP) is 6.11. The second-order valence-corrected chi connectivity index (χ2v) is 11.7. The van der Waals surface area contributed by atoms with Crippen molar-refractivity contribution in [2.75, 3.05) is 19.8 Å². The van der Waals surface area contributed by atoms with Crippen molar-refractivity contribution in [1.82, 2.24) is 5.32 Å². The van der Waals surface area contributed by atoms with E-state index in [9.17, 15) is 33.1 Å². The second kappa shape index (κ2) is 13.1. The number of carboxylic acid groups (broad SMARTS) is 1. The van der Waals surface area contributed by atoms with Gasteiger partial charge in [-0.2, -0.15) is 8.78 Å². The molecule has 3 N–H and O–H groups in total. The van der Waals surface area contributed by atoms with Gasteiger partial charge in [-0.1, -0.05) is 72.8 Å². The minimum absolute atomic E-state index is 0.000341. The molecule has 0 aliphatic heterocycles. The summed E-state index contributed by atoms with van der Waals surface area (Å²) < 4.78 is 57.3. The molecule has 2 atom stereocenters. The summed E-state index contributed by atoms with van der Waals surface area (Å²) in [6.45, 7) is 2.12. The van der Waals surface area contributed by atoms with Crippen molar-refractivity contribution in [3.05, 3.63) is 95.1 Å². The summed E-state index contributed by atoms with van der Waals surface area (Å²) in [6, 6.07) is 19.2. The van der Waals surface area contributed by atoms with Crippen LogP contribution in [0.2, 0.25) is 0 Å². The summed E-state index contributed by atoms with van der Waals surface area (Å²) >= 11 is 0. The summed E-state index contributed by atoms with van der Waals surface area (Å²) in [4.78, 5) is 24.5. The van der Waals surface area contributed by atoms with Gasteiger partial charge in [0.25, 0.3) is 0 Å². The molecule has 0 heterocycles. The van der Waals surface area contributed by atoms with E-state index in [2.05, 4.69) is 5.32 Å². The summed E-state index contributed by atoms with van der Waals surface area (Å²) in [5.41, 5.74) is -0.0273. The number of carbonyl (C=O) groups excluding carboxylic acids is 1. The van der Waals surface area contributed by atoms with Gasteiger partial charge in [-0.05, 0) is 47.2 Å². The second-order valence-electron chi connectivity index (χ2n) is 9.63. The van der Waals surface area contributed by atoms with E-state index in [-0.39, 0.29) is 37.7 Å². The highest BCUT2D eigenvalue weighted by Gasteiger charge is 2.59. The Morgan fingerprint density at radius 2 is 1.45 bits per heavy atom. The van der Waals surface area contributed by atoms with Crippen molar-refractivity contribution >= 4 is 19.7 Å². The van der Waals surface area contributed by atoms with E-state index in [4.69, 9.17) is 13.8 Å². The highest BCUT2D eigenvalue weighted by molar-refractivity contribution is 7.55. The molecule has 1 aliphatic carbocycles. The minimum Gasteiger partial charge on any atom is -0.480 e. The maximum atomic E-state index is 14.9. The summed E-state index contributed by atoms with van der Waals surface area (Å²) in [5, 5.41) is 22.4. The zero-order valence-corrected chi connectivity index (χ0v) is 23.9. The van der Waals surface area contributed by atoms with Gasteiger partial charge in [-0.25, -0.2) is 9.59 Å². The number of nitrogens with one attached hydrogen (secondary N) is 1. The Bertz CT molecular complexity index is 1410. The van der Waals surface area contributed by atoms with E-state index in [0.717, 1.165) is 34.4 Å². The number of benzene rings is 3. The first-order valence-corrected chi connectivity index (χ1v) is 14.9. The first-order chi connectivity index (χ1) is 20.0. The van der Waals surface area contributed by atoms with Crippen LogP contribution in [0.15, 0.2) is 72.8 Å². The van der Waals surface area contributed by atoms with Gasteiger partial charge in [0.1, 0.15) is 12.6 Å². The fraction of sp³-hybridized carbons (Fsp3) is 0.333. The van der Waals surface area contributed by atoms with Crippen LogP contribution >= 0.6 is 7.60 Å². The largest absolute Gasteiger partial charge is 0.480 e. The Balaban J connectivity index is 1.40. The lowest BCUT2D eigenvalue weighted by atomic mass is 9.98. The first kappa shape index (κ1) is 31.3. The number of ether oxygens (including phenoxy) is 1. The Kier molecular flexibility index (Phi) is 9.78. The molecule has 9 nitrogen and oxygen atoms in total. The highest BCUT2D eigenvalue weighted by atomic mass is 31.2. The molecule has 3 aromatic carbocycles. The molecule has 3 aromatic rings. The first-order valence-electron chi connectivity index (χ1n) is 13.4. The number of fused-ring (bicyclic) bond motifs is 3. The molecule has 0 aromatic heterocycles. The van der Waals surface area contributed by atoms with Crippen LogP contribution in [0.4, 0.5) is 13.6 Å². The fourth-order valence-corrected chi connectivity index (χ4v) is 6.50. The number of amides is 1. The molecule has 0 spiro atoms. The molecule has 0 saturated carbocycles. The standard InChI is InChI=1S/C30H32F2NO8P/c1-3-40-42(38,41-4-2)30(31,32)27(34)20-15-13-19(14-16-20)17-26(28(35)36)33-29(37)39-18-25-23-11-7-5-9-21(23)22-10-6-8-12-24(22)25/h5-16,25-27,34H,3-4,17-18H2,1-2H3,(H,33,37)(H,35,36)/t26-,27?/m0/s1. The number of hydrogen-bond acceptors (Lipinski definition) is 7. The molecular formula is C30H32F2NO8P. The zero-order chi connectivity index (χ0) is 30.5. The molecule has 1 unspecified atom stereocenters. The van der Waals surface area contributed by atoms with Crippen molar-refractivity contribution in [2.45, 2.75) is 44.0 Å². The van der Waals surface area contributed by atoms with Gasteiger partial charge in [0.05, 0.1) is 13.2 Å². The van der Waals surface area contributed by atoms with Crippen molar-refractivity contribution in [1.29, 1.82) is 0 Å². The van der Waals surface area contributed by atoms with Crippen LogP contribution in [-0.2, 0) is 29.6 Å². The van der Waals surface area contributed by atoms with Gasteiger partial charge >= 0.3 is 25.3 Å². The summed E-state index contributed by atoms with van der Waals surface area (Å²) in [5.74, 6) is -1.53. The molecule has 0 saturated heterocycles. The van der Waals surface area contributed by atoms with Gasteiger partial charge in [-0.3, -0.25) is 4.57 Å². The lowest BCUT2D eigenvalue weighted by molar-refractivity contribution is -0.139. The monoisotopic (exact) mass is 603 g/mol. The van der Waals surface area contributed by atoms with E-state index in [1.807, 2.05) is 48.5 Å². The Labute approximate surface area is 242 Å². The third-order valence-electron chi connectivity index (χ3n) is 6.96. The predicted molar refractivity (Wildman–Crippen MR) is 151 cm³/mol. The van der Waals surface area contributed by atoms with E-state index in [0.29, 0.717) is 5.56 Å². The fourth-order valence-electron chi connectivity index (χ4n) is 4.95. The number of rotatable bonds is 13. The number of aliphatic hydroxyl groups excluding tert-OH is 1. The molecule has 1 amide bonds. The number of aliphatic carboxylic acids is 1. The van der Waals surface area contributed by atoms with Crippen LogP contribution in [0.3, 0.4) is 0 Å². The Morgan fingerprint density at radius 3 is 1.95 bits per heavy atom. The number of alkyl halides is 2. The lowest BCUT2D eigenvalue weighted by Crippen LogP contribution is -2.42. The topological polar surface area (TPSA) is 131 Å². The molecule has 0 fully saturated rings. The average molecular weight is 604 g/mol. The van der Waals surface area contributed by atoms with Gasteiger partial charge in [0.15, 0.2) is 6.10 Å². The van der Waals surface area contributed by atoms with E-state index in [1.54, 1.807) is 0 Å². The maximum absolute atomic E-state index is 14.9. The smallest absolute Gasteiger partial charge is 0.407 e. The van der Waals surface area contributed by atoms with Crippen LogP contribution in [-0.4, -0.2) is 53.8 Å². The average Bonchev–Trinajstić information content (AvgIpc) is 3.29. The van der Waals surface area contributed by atoms with E-state index < -0.39 is 37.5 Å². The number of carbonyl (C=O) groups is 2. The minimum atomic E-state index is -4.98. The third kappa shape index (κ3) is 6.39. The summed E-state index contributed by atoms with van der Waals surface area (Å²) in [6.07, 6.45) is -3.62. The number of alkyl carbamates (subject to hydrolysis) is 1. The zero-order valence-electron chi connectivity index (χ0n) is 23.0. The lowest BCUT2D eigenvalue weighted by Gasteiger charge is -2.29. The van der Waals surface area contributed by atoms with Crippen LogP contribution in [0.1, 0.15) is 48.1 Å². The van der Waals surface area contributed by atoms with Crippen molar-refractivity contribution in [3.63, 3.8) is 0 Å². The molecule has 224 valence electrons. The van der Waals surface area contributed by atoms with E-state index >= 15 is 0 Å². The molecule has 1 aliphatic rings.